The van der Waals surface area contributed by atoms with Gasteiger partial charge < -0.3 is 20.3 Å². The van der Waals surface area contributed by atoms with Crippen molar-refractivity contribution in [3.63, 3.8) is 0 Å². The lowest BCUT2D eigenvalue weighted by molar-refractivity contribution is 0.322. The molecule has 0 radical (unpaired) electrons. The Morgan fingerprint density at radius 1 is 1.10 bits per heavy atom. The van der Waals surface area contributed by atoms with Gasteiger partial charge in [0.05, 0.1) is 13.1 Å². The average Bonchev–Trinajstić information content (AvgIpc) is 3.26. The molecule has 2 heterocycles. The lowest BCUT2D eigenvalue weighted by atomic mass is 10.2. The summed E-state index contributed by atoms with van der Waals surface area (Å²) in [6, 6.07) is 12.3. The van der Waals surface area contributed by atoms with Crippen LogP contribution >= 0.6 is 24.0 Å². The molecule has 1 aliphatic heterocycles. The molecule has 0 saturated carbocycles. The number of hydrogen-bond donors (Lipinski definition) is 2. The van der Waals surface area contributed by atoms with Crippen molar-refractivity contribution in [3.05, 3.63) is 53.7 Å². The number of anilines is 1. The van der Waals surface area contributed by atoms with Gasteiger partial charge in [0, 0.05) is 25.8 Å². The summed E-state index contributed by atoms with van der Waals surface area (Å²) in [6.07, 6.45) is 4.46. The van der Waals surface area contributed by atoms with E-state index in [1.54, 1.807) is 0 Å². The van der Waals surface area contributed by atoms with Crippen LogP contribution in [-0.4, -0.2) is 43.7 Å². The molecule has 0 unspecified atom stereocenters. The molecule has 1 aromatic heterocycles. The third-order valence-electron chi connectivity index (χ3n) is 4.69. The first-order valence-electron chi connectivity index (χ1n) is 10.2. The van der Waals surface area contributed by atoms with Gasteiger partial charge in [-0.3, -0.25) is 0 Å². The van der Waals surface area contributed by atoms with Crippen LogP contribution in [0.15, 0.2) is 47.6 Å². The SMILES string of the molecule is CCNC(=NCc1ccc(N2CCCC2)nc1)NCCOc1ccc(C)cc1.I. The lowest BCUT2D eigenvalue weighted by Gasteiger charge is -2.16. The molecule has 0 bridgehead atoms. The number of benzene rings is 1. The summed E-state index contributed by atoms with van der Waals surface area (Å²) in [5.74, 6) is 2.75. The fourth-order valence-corrected chi connectivity index (χ4v) is 3.13. The number of nitrogens with zero attached hydrogens (tertiary/aromatic N) is 3. The van der Waals surface area contributed by atoms with Gasteiger partial charge in [-0.15, -0.1) is 24.0 Å². The first-order chi connectivity index (χ1) is 13.7. The Morgan fingerprint density at radius 3 is 2.52 bits per heavy atom. The molecular weight excluding hydrogens is 477 g/mol. The number of hydrogen-bond acceptors (Lipinski definition) is 4. The first kappa shape index (κ1) is 23.3. The molecule has 6 nitrogen and oxygen atoms in total. The Bertz CT molecular complexity index is 743. The highest BCUT2D eigenvalue weighted by Crippen LogP contribution is 2.17. The van der Waals surface area contributed by atoms with Crippen LogP contribution in [0.4, 0.5) is 5.82 Å². The Labute approximate surface area is 191 Å². The summed E-state index contributed by atoms with van der Waals surface area (Å²) in [5, 5.41) is 6.58. The van der Waals surface area contributed by atoms with E-state index in [1.165, 1.54) is 18.4 Å². The highest BCUT2D eigenvalue weighted by Gasteiger charge is 2.12. The first-order valence-corrected chi connectivity index (χ1v) is 10.2. The topological polar surface area (TPSA) is 61.8 Å². The Morgan fingerprint density at radius 2 is 1.86 bits per heavy atom. The zero-order chi connectivity index (χ0) is 19.6. The predicted molar refractivity (Wildman–Crippen MR) is 131 cm³/mol. The lowest BCUT2D eigenvalue weighted by Crippen LogP contribution is -2.39. The van der Waals surface area contributed by atoms with Crippen molar-refractivity contribution in [2.24, 2.45) is 4.99 Å². The minimum atomic E-state index is 0. The number of nitrogens with one attached hydrogen (secondary N) is 2. The number of ether oxygens (including phenoxy) is 1. The van der Waals surface area contributed by atoms with E-state index in [2.05, 4.69) is 63.6 Å². The van der Waals surface area contributed by atoms with E-state index in [0.717, 1.165) is 42.7 Å². The Hall–Kier alpha value is -2.03. The van der Waals surface area contributed by atoms with Crippen molar-refractivity contribution < 1.29 is 4.74 Å². The second-order valence-electron chi connectivity index (χ2n) is 7.00. The van der Waals surface area contributed by atoms with Crippen molar-refractivity contribution >= 4 is 35.8 Å². The molecule has 7 heteroatoms. The summed E-state index contributed by atoms with van der Waals surface area (Å²) in [6.45, 7) is 9.04. The van der Waals surface area contributed by atoms with E-state index in [1.807, 2.05) is 18.3 Å². The van der Waals surface area contributed by atoms with Crippen LogP contribution in [0.25, 0.3) is 0 Å². The zero-order valence-corrected chi connectivity index (χ0v) is 19.7. The maximum atomic E-state index is 5.75. The maximum Gasteiger partial charge on any atom is 0.191 e. The van der Waals surface area contributed by atoms with Crippen LogP contribution in [0, 0.1) is 6.92 Å². The van der Waals surface area contributed by atoms with Crippen molar-refractivity contribution in [2.45, 2.75) is 33.2 Å². The van der Waals surface area contributed by atoms with Crippen LogP contribution in [0.5, 0.6) is 5.75 Å². The Balaban J connectivity index is 0.00000300. The number of rotatable bonds is 8. The molecule has 29 heavy (non-hydrogen) atoms. The number of guanidine groups is 1. The van der Waals surface area contributed by atoms with Gasteiger partial charge in [-0.1, -0.05) is 23.8 Å². The van der Waals surface area contributed by atoms with Crippen LogP contribution in [0.2, 0.25) is 0 Å². The van der Waals surface area contributed by atoms with Crippen molar-refractivity contribution in [1.82, 2.24) is 15.6 Å². The monoisotopic (exact) mass is 509 g/mol. The second kappa shape index (κ2) is 12.5. The van der Waals surface area contributed by atoms with Gasteiger partial charge in [0.2, 0.25) is 0 Å². The van der Waals surface area contributed by atoms with Gasteiger partial charge in [-0.2, -0.15) is 0 Å². The summed E-state index contributed by atoms with van der Waals surface area (Å²) >= 11 is 0. The molecule has 1 aromatic carbocycles. The van der Waals surface area contributed by atoms with Gasteiger partial charge in [0.1, 0.15) is 18.2 Å². The molecule has 158 valence electrons. The fraction of sp³-hybridized carbons (Fsp3) is 0.455. The quantitative estimate of drug-likeness (QED) is 0.246. The van der Waals surface area contributed by atoms with Gasteiger partial charge in [0.15, 0.2) is 5.96 Å². The number of aliphatic imine (C=N–C) groups is 1. The maximum absolute atomic E-state index is 5.75. The number of halogens is 1. The highest BCUT2D eigenvalue weighted by molar-refractivity contribution is 14.0. The number of aromatic nitrogens is 1. The van der Waals surface area contributed by atoms with Gasteiger partial charge in [-0.25, -0.2) is 9.98 Å². The van der Waals surface area contributed by atoms with Crippen molar-refractivity contribution in [1.29, 1.82) is 0 Å². The van der Waals surface area contributed by atoms with E-state index in [0.29, 0.717) is 19.7 Å². The molecule has 3 rings (SSSR count). The largest absolute Gasteiger partial charge is 0.492 e. The number of pyridine rings is 1. The standard InChI is InChI=1S/C22H31N5O.HI/c1-3-23-22(24-12-15-28-20-9-6-18(2)7-10-20)26-17-19-8-11-21(25-16-19)27-13-4-5-14-27;/h6-11,16H,3-5,12-15,17H2,1-2H3,(H2,23,24,26);1H. The molecule has 0 atom stereocenters. The Kier molecular flexibility index (Phi) is 10.0. The van der Waals surface area contributed by atoms with Crippen LogP contribution in [-0.2, 0) is 6.54 Å². The molecule has 2 aromatic rings. The molecule has 1 aliphatic rings. The van der Waals surface area contributed by atoms with Gasteiger partial charge in [0.25, 0.3) is 0 Å². The molecule has 1 fully saturated rings. The van der Waals surface area contributed by atoms with Crippen molar-refractivity contribution in [3.8, 4) is 5.75 Å². The molecule has 0 amide bonds. The summed E-state index contributed by atoms with van der Waals surface area (Å²) in [7, 11) is 0. The van der Waals surface area contributed by atoms with Crippen molar-refractivity contribution in [2.75, 3.05) is 37.7 Å². The van der Waals surface area contributed by atoms with E-state index < -0.39 is 0 Å². The van der Waals surface area contributed by atoms with E-state index in [9.17, 15) is 0 Å². The van der Waals surface area contributed by atoms with Crippen LogP contribution in [0.3, 0.4) is 0 Å². The smallest absolute Gasteiger partial charge is 0.191 e. The summed E-state index contributed by atoms with van der Waals surface area (Å²) in [4.78, 5) is 11.6. The fourth-order valence-electron chi connectivity index (χ4n) is 3.13. The van der Waals surface area contributed by atoms with Crippen LogP contribution < -0.4 is 20.3 Å². The molecular formula is C22H32IN5O. The molecule has 0 aliphatic carbocycles. The van der Waals surface area contributed by atoms with Gasteiger partial charge >= 0.3 is 0 Å². The summed E-state index contributed by atoms with van der Waals surface area (Å²) in [5.41, 5.74) is 2.34. The van der Waals surface area contributed by atoms with E-state index in [4.69, 9.17) is 4.74 Å². The van der Waals surface area contributed by atoms with Gasteiger partial charge in [-0.05, 0) is 50.5 Å². The minimum absolute atomic E-state index is 0. The minimum Gasteiger partial charge on any atom is -0.492 e. The summed E-state index contributed by atoms with van der Waals surface area (Å²) < 4.78 is 5.75. The van der Waals surface area contributed by atoms with E-state index in [-0.39, 0.29) is 24.0 Å². The molecule has 1 saturated heterocycles. The normalized spacial score (nSPS) is 13.7. The second-order valence-corrected chi connectivity index (χ2v) is 7.00. The van der Waals surface area contributed by atoms with Crippen LogP contribution in [0.1, 0.15) is 30.9 Å². The average molecular weight is 509 g/mol. The number of aryl methyl sites for hydroxylation is 1. The highest BCUT2D eigenvalue weighted by atomic mass is 127. The third kappa shape index (κ3) is 7.72. The predicted octanol–water partition coefficient (Wildman–Crippen LogP) is 3.74. The molecule has 2 N–H and O–H groups in total. The van der Waals surface area contributed by atoms with E-state index >= 15 is 0 Å². The molecule has 0 spiro atoms. The zero-order valence-electron chi connectivity index (χ0n) is 17.4. The third-order valence-corrected chi connectivity index (χ3v) is 4.69.